The molecule has 3 rings (SSSR count). The third kappa shape index (κ3) is 63.9. The highest BCUT2D eigenvalue weighted by molar-refractivity contribution is 8.76. The van der Waals surface area contributed by atoms with Gasteiger partial charge >= 0.3 is 0 Å². The number of fused-ring (bicyclic) bond motifs is 1. The van der Waals surface area contributed by atoms with E-state index < -0.39 is 48.3 Å². The number of nitrogens with one attached hydrogen (secondary N) is 6. The van der Waals surface area contributed by atoms with Crippen LogP contribution in [0.5, 0.6) is 23.0 Å². The van der Waals surface area contributed by atoms with E-state index in [0.717, 1.165) is 106 Å². The van der Waals surface area contributed by atoms with Gasteiger partial charge in [-0.2, -0.15) is 133 Å². The van der Waals surface area contributed by atoms with E-state index in [9.17, 15) is 38.4 Å². The molecule has 0 radical (unpaired) electrons. The molecule has 0 spiro atoms. The fraction of sp³-hybridized carbons (Fsp3) is 0.733. The molecule has 0 saturated heterocycles. The van der Waals surface area contributed by atoms with Gasteiger partial charge in [-0.15, -0.1) is 0 Å². The second kappa shape index (κ2) is 87.5. The van der Waals surface area contributed by atoms with E-state index in [1.807, 2.05) is 24.3 Å². The van der Waals surface area contributed by atoms with Gasteiger partial charge < -0.3 is 120 Å². The van der Waals surface area contributed by atoms with Crippen LogP contribution < -0.4 is 120 Å². The van der Waals surface area contributed by atoms with Gasteiger partial charge in [0.1, 0.15) is 38.0 Å². The number of hydrogen-bond donors (Lipinski definition) is 20. The molecule has 0 fully saturated rings. The number of carbonyl (C=O) groups is 8. The molecule has 704 valence electrons. The number of rotatable bonds is 64. The summed E-state index contributed by atoms with van der Waals surface area (Å²) in [5.74, 6) is 3.43. The number of ketones is 2. The predicted molar refractivity (Wildman–Crippen MR) is 532 cm³/mol. The van der Waals surface area contributed by atoms with E-state index in [-0.39, 0.29) is 215 Å². The number of hydrogen-bond acceptors (Lipinski definition) is 28. The van der Waals surface area contributed by atoms with Gasteiger partial charge in [-0.3, -0.25) is 38.4 Å². The Morgan fingerprint density at radius 2 is 0.529 bits per heavy atom. The number of ether oxygens (including phenoxy) is 4. The van der Waals surface area contributed by atoms with Gasteiger partial charge in [-0.1, -0.05) is 80.4 Å². The number of nitrogens with two attached hydrogens (primary N) is 12. The minimum atomic E-state index is -0.691. The van der Waals surface area contributed by atoms with E-state index in [2.05, 4.69) is 57.2 Å². The van der Waals surface area contributed by atoms with Crippen LogP contribution in [0.25, 0.3) is 0 Å². The zero-order valence-corrected chi connectivity index (χ0v) is 80.2. The van der Waals surface area contributed by atoms with Crippen LogP contribution in [-0.2, 0) is 61.4 Å². The zero-order valence-electron chi connectivity index (χ0n) is 68.7. The SMILES string of the molecule is C.FF.NCCCC[C@H](N)C(=O)CCCCC[C@H](N)C(=O)NCCOc1cc(CS)c(CS)cc1OCCNC(=O)[C@@H](N)CCCCNC(=O)[C@@H](N)CCCCN.NCCCC[C@H](N)C(=O)CCCCC[C@H](N)C(=O)NCCOc1cc2c(cc1OCCNC(=O)[C@@H](N)CCCCNC(=O)[C@@H](N)CCCCN)CSSC2.S.S.S.S.S.S.S.S. The third-order valence-electron chi connectivity index (χ3n) is 18.1. The fourth-order valence-electron chi connectivity index (χ4n) is 11.2. The maximum absolute atomic E-state index is 12.6. The van der Waals surface area contributed by atoms with Gasteiger partial charge in [-0.05, 0) is 188 Å². The lowest BCUT2D eigenvalue weighted by molar-refractivity contribution is -0.123. The van der Waals surface area contributed by atoms with Gasteiger partial charge in [0.15, 0.2) is 23.0 Å². The molecule has 0 aliphatic carbocycles. The first kappa shape index (κ1) is 134. The zero-order chi connectivity index (χ0) is 81.7. The quantitative estimate of drug-likeness (QED) is 0.0242. The van der Waals surface area contributed by atoms with Crippen molar-refractivity contribution >= 4 is 202 Å². The largest absolute Gasteiger partial charge is 0.488 e. The standard InChI is InChI=1S/C37H67N9O6S2.C37H69N9O6S2.CH4.F2.8H2S/c38-15-7-4-10-28(40)32(47)14-3-1-2-11-29(41)36(49)45-18-20-51-33-22-26-24-53-54-25-27(26)23-34(33)52-21-19-46-37(50)31(43)13-6-9-17-44-35(48)30(42)12-5-8-16-39;38-15-7-4-10-28(40)32(47)14-3-1-2-11-29(41)36(49)45-18-20-51-33-22-26(24-53)27(25-54)23-34(33)52-21-19-46-37(50)31(43)13-6-9-17-44-35(48)30(42)12-5-8-16-39;;1-2;;;;;;;;/h22-23,28-31H,1-21,24-25,38-43H2,(H,44,48)(H,45,49)(H,46,50);22-23,28-31,53-54H,1-21,24-25,38-43H2,(H,44,48)(H,45,49)(H,46,50);1H4;;8*1H2/t2*28-,29-,30-,31-;;;;;;;;;;/m00........../s1. The van der Waals surface area contributed by atoms with Crippen LogP contribution in [0, 0.1) is 0 Å². The highest BCUT2D eigenvalue weighted by Gasteiger charge is 2.23. The highest BCUT2D eigenvalue weighted by Crippen LogP contribution is 2.42. The first-order valence-corrected chi connectivity index (χ1v) is 42.8. The van der Waals surface area contributed by atoms with E-state index >= 15 is 0 Å². The van der Waals surface area contributed by atoms with Crippen molar-refractivity contribution in [3.8, 4) is 23.0 Å². The lowest BCUT2D eigenvalue weighted by Gasteiger charge is -2.20. The molecule has 30 N–H and O–H groups in total. The summed E-state index contributed by atoms with van der Waals surface area (Å²) >= 11 is 8.86. The van der Waals surface area contributed by atoms with Crippen molar-refractivity contribution in [2.24, 2.45) is 68.8 Å². The molecule has 1 aliphatic heterocycles. The Morgan fingerprint density at radius 3 is 0.765 bits per heavy atom. The summed E-state index contributed by atoms with van der Waals surface area (Å²) in [7, 11) is 3.56. The van der Waals surface area contributed by atoms with Crippen molar-refractivity contribution in [3.05, 3.63) is 46.5 Å². The highest BCUT2D eigenvalue weighted by atomic mass is 33.1. The lowest BCUT2D eigenvalue weighted by atomic mass is 10.0. The Labute approximate surface area is 782 Å². The summed E-state index contributed by atoms with van der Waals surface area (Å²) in [6, 6.07) is 3.03. The average molecular weight is 1920 g/mol. The molecule has 30 nitrogen and oxygen atoms in total. The molecule has 1 heterocycles. The lowest BCUT2D eigenvalue weighted by Crippen LogP contribution is -2.42. The average Bonchev–Trinajstić information content (AvgIpc) is 0.821. The predicted octanol–water partition coefficient (Wildman–Crippen LogP) is 4.73. The van der Waals surface area contributed by atoms with Crippen LogP contribution in [0.1, 0.15) is 209 Å². The van der Waals surface area contributed by atoms with Crippen molar-refractivity contribution in [2.75, 3.05) is 91.9 Å². The minimum absolute atomic E-state index is 0. The molecule has 44 heteroatoms. The molecule has 1 aliphatic rings. The van der Waals surface area contributed by atoms with Crippen LogP contribution in [0.4, 0.5) is 9.15 Å². The van der Waals surface area contributed by atoms with Gasteiger partial charge in [0, 0.05) is 58.1 Å². The van der Waals surface area contributed by atoms with E-state index in [1.165, 1.54) is 11.1 Å². The molecule has 8 atom stereocenters. The van der Waals surface area contributed by atoms with Crippen molar-refractivity contribution in [3.63, 3.8) is 0 Å². The summed E-state index contributed by atoms with van der Waals surface area (Å²) in [5, 5.41) is 17.0. The summed E-state index contributed by atoms with van der Waals surface area (Å²) in [6.45, 7) is 5.08. The number of unbranched alkanes of at least 4 members (excludes halogenated alkanes) is 10. The number of Topliss-reactive ketones (excluding diaryl/α,β-unsaturated/α-hetero) is 2. The summed E-state index contributed by atoms with van der Waals surface area (Å²) in [5.41, 5.74) is 74.3. The summed E-state index contributed by atoms with van der Waals surface area (Å²) in [6.07, 6.45) is 19.4. The van der Waals surface area contributed by atoms with Crippen LogP contribution in [0.15, 0.2) is 24.3 Å². The Balaban J connectivity index is -0.000000265. The van der Waals surface area contributed by atoms with Crippen LogP contribution in [0.3, 0.4) is 0 Å². The molecule has 0 saturated carbocycles. The number of halogens is 2. The van der Waals surface area contributed by atoms with Gasteiger partial charge in [0.25, 0.3) is 0 Å². The van der Waals surface area contributed by atoms with Gasteiger partial charge in [0.05, 0.1) is 74.5 Å². The second-order valence-electron chi connectivity index (χ2n) is 27.2. The number of carbonyl (C=O) groups excluding carboxylic acids is 8. The molecule has 0 aromatic heterocycles. The van der Waals surface area contributed by atoms with Gasteiger partial charge in [-0.25, -0.2) is 0 Å². The van der Waals surface area contributed by atoms with E-state index in [1.54, 1.807) is 21.6 Å². The molecule has 6 amide bonds. The van der Waals surface area contributed by atoms with E-state index in [4.69, 9.17) is 96.9 Å². The first-order chi connectivity index (χ1) is 53.0. The van der Waals surface area contributed by atoms with Crippen molar-refractivity contribution < 1.29 is 66.5 Å². The molecule has 2 aromatic rings. The summed E-state index contributed by atoms with van der Waals surface area (Å²) < 4.78 is 40.1. The first-order valence-electron chi connectivity index (χ1n) is 39.1. The Kier molecular flexibility index (Phi) is 98.7. The number of amides is 6. The molecular weight excluding hydrogens is 1770 g/mol. The monoisotopic (exact) mass is 1920 g/mol. The topological polar surface area (TPSA) is 558 Å². The van der Waals surface area contributed by atoms with Gasteiger partial charge in [0.2, 0.25) is 35.4 Å². The third-order valence-corrected chi connectivity index (χ3v) is 21.0. The van der Waals surface area contributed by atoms with Crippen molar-refractivity contribution in [1.82, 2.24) is 31.9 Å². The van der Waals surface area contributed by atoms with Crippen molar-refractivity contribution in [2.45, 2.75) is 259 Å². The number of thiol groups is 2. The molecule has 2 aromatic carbocycles. The smallest absolute Gasteiger partial charge is 0.237 e. The Hall–Kier alpha value is -2.62. The van der Waals surface area contributed by atoms with Crippen LogP contribution in [0.2, 0.25) is 0 Å². The fourth-order valence-corrected chi connectivity index (χ4v) is 14.0. The van der Waals surface area contributed by atoms with E-state index in [0.29, 0.717) is 170 Å². The van der Waals surface area contributed by atoms with Crippen molar-refractivity contribution in [1.29, 1.82) is 0 Å². The minimum Gasteiger partial charge on any atom is -0.488 e. The molecule has 119 heavy (non-hydrogen) atoms. The molecule has 0 unspecified atom stereocenters. The maximum atomic E-state index is 12.6. The number of benzene rings is 2. The molecule has 0 bridgehead atoms. The second-order valence-corrected chi connectivity index (χ2v) is 30.3. The maximum Gasteiger partial charge on any atom is 0.237 e. The normalized spacial score (nSPS) is 12.8. The molecular formula is C75H156F2N18O12S12. The Morgan fingerprint density at radius 1 is 0.319 bits per heavy atom. The Bertz CT molecular complexity index is 2560. The van der Waals surface area contributed by atoms with Crippen LogP contribution in [-0.4, -0.2) is 187 Å². The summed E-state index contributed by atoms with van der Waals surface area (Å²) in [4.78, 5) is 98.8. The van der Waals surface area contributed by atoms with Crippen LogP contribution >= 0.6 is 155 Å².